The number of amides is 1. The number of methoxy groups -OCH3 is 2. The third-order valence-electron chi connectivity index (χ3n) is 3.52. The molecule has 114 valence electrons. The first-order valence-electron chi connectivity index (χ1n) is 7.00. The second-order valence-corrected chi connectivity index (χ2v) is 4.96. The molecule has 1 aromatic heterocycles. The number of rotatable bonds is 5. The largest absolute Gasteiger partial charge is 0.494 e. The topological polar surface area (TPSA) is 65.4 Å². The first-order valence-corrected chi connectivity index (χ1v) is 7.00. The van der Waals surface area contributed by atoms with Crippen LogP contribution in [0.15, 0.2) is 18.2 Å². The van der Waals surface area contributed by atoms with Crippen LogP contribution in [-0.2, 0) is 0 Å². The molecule has 0 saturated heterocycles. The highest BCUT2D eigenvalue weighted by Crippen LogP contribution is 2.28. The van der Waals surface area contributed by atoms with Gasteiger partial charge in [-0.1, -0.05) is 26.3 Å². The number of para-hydroxylation sites is 1. The van der Waals surface area contributed by atoms with Crippen molar-refractivity contribution in [3.8, 4) is 11.8 Å². The molecule has 21 heavy (non-hydrogen) atoms. The number of carbonyl (C=O) groups is 1. The Labute approximate surface area is 124 Å². The Balaban J connectivity index is 2.40. The summed E-state index contributed by atoms with van der Waals surface area (Å²) in [5.74, 6) is 1.03. The molecule has 0 aliphatic carbocycles. The van der Waals surface area contributed by atoms with Gasteiger partial charge in [-0.15, -0.1) is 0 Å². The van der Waals surface area contributed by atoms with E-state index in [1.165, 1.54) is 11.7 Å². The van der Waals surface area contributed by atoms with E-state index in [4.69, 9.17) is 9.47 Å². The number of imidazole rings is 1. The molecular weight excluding hydrogens is 270 g/mol. The van der Waals surface area contributed by atoms with Gasteiger partial charge in [0.05, 0.1) is 19.7 Å². The molecule has 0 radical (unpaired) electrons. The molecule has 1 unspecified atom stereocenters. The summed E-state index contributed by atoms with van der Waals surface area (Å²) in [6, 6.07) is 5.44. The zero-order valence-corrected chi connectivity index (χ0v) is 12.8. The lowest BCUT2D eigenvalue weighted by molar-refractivity contribution is 0.237. The fourth-order valence-electron chi connectivity index (χ4n) is 2.04. The Morgan fingerprint density at radius 2 is 2.14 bits per heavy atom. The van der Waals surface area contributed by atoms with Gasteiger partial charge >= 0.3 is 12.0 Å². The molecule has 6 heteroatoms. The predicted molar refractivity (Wildman–Crippen MR) is 81.1 cm³/mol. The number of nitrogens with one attached hydrogen (secondary N) is 1. The smallest absolute Gasteiger partial charge is 0.330 e. The normalized spacial score (nSPS) is 12.2. The fraction of sp³-hybridized carbons (Fsp3) is 0.467. The maximum absolute atomic E-state index is 12.4. The van der Waals surface area contributed by atoms with Gasteiger partial charge in [-0.25, -0.2) is 9.36 Å². The summed E-state index contributed by atoms with van der Waals surface area (Å²) in [4.78, 5) is 16.7. The Morgan fingerprint density at radius 3 is 2.76 bits per heavy atom. The van der Waals surface area contributed by atoms with Gasteiger partial charge in [0.1, 0.15) is 11.3 Å². The van der Waals surface area contributed by atoms with Gasteiger partial charge in [-0.05, 0) is 18.1 Å². The van der Waals surface area contributed by atoms with E-state index in [1.54, 1.807) is 13.2 Å². The summed E-state index contributed by atoms with van der Waals surface area (Å²) >= 11 is 0. The summed E-state index contributed by atoms with van der Waals surface area (Å²) in [5.41, 5.74) is 1.27. The minimum atomic E-state index is -0.247. The molecule has 1 amide bonds. The summed E-state index contributed by atoms with van der Waals surface area (Å²) in [7, 11) is 3.06. The molecule has 2 aromatic rings. The first-order chi connectivity index (χ1) is 10.1. The third-order valence-corrected chi connectivity index (χ3v) is 3.52. The first kappa shape index (κ1) is 15.2. The molecule has 0 aliphatic rings. The van der Waals surface area contributed by atoms with E-state index in [1.807, 2.05) is 12.1 Å². The van der Waals surface area contributed by atoms with Gasteiger partial charge in [0, 0.05) is 6.54 Å². The summed E-state index contributed by atoms with van der Waals surface area (Å²) < 4.78 is 11.9. The Kier molecular flexibility index (Phi) is 4.67. The van der Waals surface area contributed by atoms with E-state index in [9.17, 15) is 4.79 Å². The second kappa shape index (κ2) is 6.47. The van der Waals surface area contributed by atoms with Crippen LogP contribution in [0, 0.1) is 5.92 Å². The lowest BCUT2D eigenvalue weighted by Gasteiger charge is -2.12. The van der Waals surface area contributed by atoms with Crippen LogP contribution in [0.3, 0.4) is 0 Å². The van der Waals surface area contributed by atoms with Gasteiger partial charge in [-0.3, -0.25) is 0 Å². The fourth-order valence-corrected chi connectivity index (χ4v) is 2.04. The number of ether oxygens (including phenoxy) is 2. The minimum absolute atomic E-state index is 0.246. The molecule has 0 aliphatic heterocycles. The average Bonchev–Trinajstić information content (AvgIpc) is 2.90. The van der Waals surface area contributed by atoms with E-state index in [0.29, 0.717) is 29.2 Å². The van der Waals surface area contributed by atoms with E-state index in [-0.39, 0.29) is 12.0 Å². The van der Waals surface area contributed by atoms with Crippen molar-refractivity contribution in [1.29, 1.82) is 0 Å². The second-order valence-electron chi connectivity index (χ2n) is 4.96. The molecule has 0 spiro atoms. The molecule has 1 aromatic carbocycles. The summed E-state index contributed by atoms with van der Waals surface area (Å²) in [6.45, 7) is 4.80. The SMILES string of the molecule is CCC(C)CNC(=O)n1c(OC)nc2c(OC)cccc21. The highest BCUT2D eigenvalue weighted by molar-refractivity contribution is 5.93. The molecule has 1 atom stereocenters. The zero-order chi connectivity index (χ0) is 15.4. The van der Waals surface area contributed by atoms with Gasteiger partial charge in [-0.2, -0.15) is 4.98 Å². The Hall–Kier alpha value is -2.24. The number of fused-ring (bicyclic) bond motifs is 1. The maximum Gasteiger partial charge on any atom is 0.330 e. The monoisotopic (exact) mass is 291 g/mol. The predicted octanol–water partition coefficient (Wildman–Crippen LogP) is 2.66. The summed E-state index contributed by atoms with van der Waals surface area (Å²) in [5, 5.41) is 2.90. The van der Waals surface area contributed by atoms with Crippen molar-refractivity contribution in [3.63, 3.8) is 0 Å². The van der Waals surface area contributed by atoms with E-state index in [0.717, 1.165) is 6.42 Å². The van der Waals surface area contributed by atoms with Gasteiger partial charge in [0.15, 0.2) is 0 Å². The molecule has 6 nitrogen and oxygen atoms in total. The quantitative estimate of drug-likeness (QED) is 0.919. The summed E-state index contributed by atoms with van der Waals surface area (Å²) in [6.07, 6.45) is 1.01. The van der Waals surface area contributed by atoms with E-state index < -0.39 is 0 Å². The van der Waals surface area contributed by atoms with Crippen molar-refractivity contribution in [2.45, 2.75) is 20.3 Å². The van der Waals surface area contributed by atoms with Gasteiger partial charge in [0.2, 0.25) is 0 Å². The van der Waals surface area contributed by atoms with Crippen LogP contribution in [0.5, 0.6) is 11.8 Å². The number of benzene rings is 1. The maximum atomic E-state index is 12.4. The molecule has 2 rings (SSSR count). The van der Waals surface area contributed by atoms with Crippen LogP contribution in [0.4, 0.5) is 4.79 Å². The highest BCUT2D eigenvalue weighted by Gasteiger charge is 2.19. The molecule has 0 fully saturated rings. The van der Waals surface area contributed by atoms with Gasteiger partial charge < -0.3 is 14.8 Å². The van der Waals surface area contributed by atoms with Crippen molar-refractivity contribution in [3.05, 3.63) is 18.2 Å². The van der Waals surface area contributed by atoms with Crippen LogP contribution in [0.25, 0.3) is 11.0 Å². The van der Waals surface area contributed by atoms with Crippen molar-refractivity contribution in [2.24, 2.45) is 5.92 Å². The Morgan fingerprint density at radius 1 is 1.38 bits per heavy atom. The molecule has 1 N–H and O–H groups in total. The number of nitrogens with zero attached hydrogens (tertiary/aromatic N) is 2. The highest BCUT2D eigenvalue weighted by atomic mass is 16.5. The van der Waals surface area contributed by atoms with Crippen molar-refractivity contribution in [1.82, 2.24) is 14.9 Å². The lowest BCUT2D eigenvalue weighted by Crippen LogP contribution is -2.32. The number of aromatic nitrogens is 2. The van der Waals surface area contributed by atoms with Crippen LogP contribution in [0.2, 0.25) is 0 Å². The van der Waals surface area contributed by atoms with Crippen LogP contribution in [0.1, 0.15) is 20.3 Å². The molecular formula is C15H21N3O3. The number of hydrogen-bond donors (Lipinski definition) is 1. The van der Waals surface area contributed by atoms with E-state index in [2.05, 4.69) is 24.1 Å². The molecule has 1 heterocycles. The third kappa shape index (κ3) is 2.94. The van der Waals surface area contributed by atoms with Crippen LogP contribution < -0.4 is 14.8 Å². The Bertz CT molecular complexity index is 636. The average molecular weight is 291 g/mol. The lowest BCUT2D eigenvalue weighted by atomic mass is 10.1. The van der Waals surface area contributed by atoms with Crippen molar-refractivity contribution >= 4 is 17.1 Å². The standard InChI is InChI=1S/C15H21N3O3/c1-5-10(2)9-16-14(19)18-11-7-6-8-12(20-3)13(11)17-15(18)21-4/h6-8,10H,5,9H2,1-4H3,(H,16,19). The van der Waals surface area contributed by atoms with E-state index >= 15 is 0 Å². The van der Waals surface area contributed by atoms with Crippen LogP contribution in [-0.4, -0.2) is 36.3 Å². The number of hydrogen-bond acceptors (Lipinski definition) is 4. The molecule has 0 bridgehead atoms. The zero-order valence-electron chi connectivity index (χ0n) is 12.8. The van der Waals surface area contributed by atoms with Gasteiger partial charge in [0.25, 0.3) is 0 Å². The number of carbonyl (C=O) groups excluding carboxylic acids is 1. The minimum Gasteiger partial charge on any atom is -0.494 e. The van der Waals surface area contributed by atoms with Crippen molar-refractivity contribution < 1.29 is 14.3 Å². The van der Waals surface area contributed by atoms with Crippen molar-refractivity contribution in [2.75, 3.05) is 20.8 Å². The van der Waals surface area contributed by atoms with Crippen LogP contribution >= 0.6 is 0 Å². The molecule has 0 saturated carbocycles.